The van der Waals surface area contributed by atoms with Crippen LogP contribution in [0.5, 0.6) is 0 Å². The molecule has 0 aromatic carbocycles. The number of hydrogen-bond acceptors (Lipinski definition) is 2. The molecule has 2 unspecified atom stereocenters. The van der Waals surface area contributed by atoms with Crippen molar-refractivity contribution in [2.75, 3.05) is 19.6 Å². The lowest BCUT2D eigenvalue weighted by molar-refractivity contribution is -0.138. The van der Waals surface area contributed by atoms with Crippen molar-refractivity contribution in [3.63, 3.8) is 0 Å². The fourth-order valence-electron chi connectivity index (χ4n) is 3.11. The molecule has 2 fully saturated rings. The smallest absolute Gasteiger partial charge is 0.320 e. The van der Waals surface area contributed by atoms with Crippen molar-refractivity contribution in [2.45, 2.75) is 45.1 Å². The summed E-state index contributed by atoms with van der Waals surface area (Å²) in [6.45, 7) is 4.30. The SMILES string of the molecule is CCC1CCCN1C(=O)N1CCC(CC(=O)O)C1. The lowest BCUT2D eigenvalue weighted by Gasteiger charge is -2.29. The second kappa shape index (κ2) is 5.59. The summed E-state index contributed by atoms with van der Waals surface area (Å²) < 4.78 is 0. The first-order valence-corrected chi connectivity index (χ1v) is 6.89. The van der Waals surface area contributed by atoms with E-state index < -0.39 is 5.97 Å². The number of aliphatic carboxylic acids is 1. The molecule has 5 heteroatoms. The molecule has 0 aliphatic carbocycles. The Hall–Kier alpha value is -1.26. The number of carboxylic acid groups (broad SMARTS) is 1. The molecule has 2 saturated heterocycles. The molecule has 1 N–H and O–H groups in total. The van der Waals surface area contributed by atoms with Gasteiger partial charge in [0.05, 0.1) is 0 Å². The van der Waals surface area contributed by atoms with E-state index in [1.54, 1.807) is 0 Å². The van der Waals surface area contributed by atoms with E-state index in [2.05, 4.69) is 6.92 Å². The van der Waals surface area contributed by atoms with E-state index in [1.165, 1.54) is 0 Å². The number of carbonyl (C=O) groups is 2. The zero-order chi connectivity index (χ0) is 13.1. The predicted molar refractivity (Wildman–Crippen MR) is 67.3 cm³/mol. The molecule has 0 aromatic heterocycles. The van der Waals surface area contributed by atoms with Crippen LogP contribution in [0.2, 0.25) is 0 Å². The molecular formula is C13H22N2O3. The number of rotatable bonds is 3. The third kappa shape index (κ3) is 2.76. The molecule has 0 radical (unpaired) electrons. The standard InChI is InChI=1S/C13H22N2O3/c1-2-11-4-3-6-15(11)13(18)14-7-5-10(9-14)8-12(16)17/h10-11H,2-9H2,1H3,(H,16,17). The number of nitrogens with zero attached hydrogens (tertiary/aromatic N) is 2. The van der Waals surface area contributed by atoms with Crippen LogP contribution in [0.15, 0.2) is 0 Å². The highest BCUT2D eigenvalue weighted by atomic mass is 16.4. The molecule has 0 aromatic rings. The fraction of sp³-hybridized carbons (Fsp3) is 0.846. The Kier molecular flexibility index (Phi) is 4.09. The Bertz CT molecular complexity index is 332. The van der Waals surface area contributed by atoms with Crippen LogP contribution >= 0.6 is 0 Å². The van der Waals surface area contributed by atoms with Gasteiger partial charge in [0.25, 0.3) is 0 Å². The summed E-state index contributed by atoms with van der Waals surface area (Å²) in [5, 5.41) is 8.78. The quantitative estimate of drug-likeness (QED) is 0.835. The Morgan fingerprint density at radius 2 is 2.06 bits per heavy atom. The summed E-state index contributed by atoms with van der Waals surface area (Å²) in [5.41, 5.74) is 0. The maximum Gasteiger partial charge on any atom is 0.320 e. The summed E-state index contributed by atoms with van der Waals surface area (Å²) in [5.74, 6) is -0.629. The minimum atomic E-state index is -0.762. The van der Waals surface area contributed by atoms with E-state index in [1.807, 2.05) is 9.80 Å². The number of urea groups is 1. The second-order valence-electron chi connectivity index (χ2n) is 5.38. The van der Waals surface area contributed by atoms with Crippen LogP contribution in [0.25, 0.3) is 0 Å². The number of carbonyl (C=O) groups excluding carboxylic acids is 1. The first kappa shape index (κ1) is 13.2. The minimum Gasteiger partial charge on any atom is -0.481 e. The number of amides is 2. The summed E-state index contributed by atoms with van der Waals surface area (Å²) in [7, 11) is 0. The van der Waals surface area contributed by atoms with Crippen molar-refractivity contribution in [3.8, 4) is 0 Å². The van der Waals surface area contributed by atoms with Gasteiger partial charge in [0, 0.05) is 32.1 Å². The Labute approximate surface area is 108 Å². The van der Waals surface area contributed by atoms with Crippen molar-refractivity contribution < 1.29 is 14.7 Å². The van der Waals surface area contributed by atoms with Gasteiger partial charge in [-0.2, -0.15) is 0 Å². The van der Waals surface area contributed by atoms with Crippen LogP contribution in [0.4, 0.5) is 4.79 Å². The van der Waals surface area contributed by atoms with Crippen LogP contribution in [-0.2, 0) is 4.79 Å². The first-order chi connectivity index (χ1) is 8.61. The monoisotopic (exact) mass is 254 g/mol. The van der Waals surface area contributed by atoms with Crippen LogP contribution in [-0.4, -0.2) is 52.6 Å². The molecule has 18 heavy (non-hydrogen) atoms. The summed E-state index contributed by atoms with van der Waals surface area (Å²) in [6, 6.07) is 0.503. The van der Waals surface area contributed by atoms with Crippen LogP contribution < -0.4 is 0 Å². The van der Waals surface area contributed by atoms with E-state index in [4.69, 9.17) is 5.11 Å². The van der Waals surface area contributed by atoms with Crippen LogP contribution in [0.1, 0.15) is 39.0 Å². The third-order valence-electron chi connectivity index (χ3n) is 4.11. The van der Waals surface area contributed by atoms with Crippen molar-refractivity contribution >= 4 is 12.0 Å². The maximum atomic E-state index is 12.4. The fourth-order valence-corrected chi connectivity index (χ4v) is 3.11. The molecular weight excluding hydrogens is 232 g/mol. The molecule has 0 saturated carbocycles. The second-order valence-corrected chi connectivity index (χ2v) is 5.38. The maximum absolute atomic E-state index is 12.4. The molecule has 0 spiro atoms. The van der Waals surface area contributed by atoms with E-state index in [-0.39, 0.29) is 18.4 Å². The number of likely N-dealkylation sites (tertiary alicyclic amines) is 2. The Morgan fingerprint density at radius 3 is 2.72 bits per heavy atom. The molecule has 2 heterocycles. The molecule has 0 bridgehead atoms. The zero-order valence-corrected chi connectivity index (χ0v) is 11.0. The van der Waals surface area contributed by atoms with Gasteiger partial charge >= 0.3 is 12.0 Å². The predicted octanol–water partition coefficient (Wildman–Crippen LogP) is 1.78. The van der Waals surface area contributed by atoms with E-state index in [0.29, 0.717) is 19.1 Å². The first-order valence-electron chi connectivity index (χ1n) is 6.89. The zero-order valence-electron chi connectivity index (χ0n) is 11.0. The largest absolute Gasteiger partial charge is 0.481 e. The van der Waals surface area contributed by atoms with Gasteiger partial charge in [-0.25, -0.2) is 4.79 Å². The number of carboxylic acids is 1. The van der Waals surface area contributed by atoms with Gasteiger partial charge in [-0.3, -0.25) is 4.79 Å². The normalized spacial score (nSPS) is 27.8. The minimum absolute atomic E-state index is 0.118. The van der Waals surface area contributed by atoms with Gasteiger partial charge in [0.1, 0.15) is 0 Å². The topological polar surface area (TPSA) is 60.9 Å². The molecule has 5 nitrogen and oxygen atoms in total. The molecule has 2 rings (SSSR count). The van der Waals surface area contributed by atoms with Gasteiger partial charge in [0.2, 0.25) is 0 Å². The molecule has 102 valence electrons. The number of hydrogen-bond donors (Lipinski definition) is 1. The molecule has 2 aliphatic rings. The van der Waals surface area contributed by atoms with Gasteiger partial charge in [-0.05, 0) is 31.6 Å². The Morgan fingerprint density at radius 1 is 1.28 bits per heavy atom. The summed E-state index contributed by atoms with van der Waals surface area (Å²) in [6.07, 6.45) is 4.22. The third-order valence-corrected chi connectivity index (χ3v) is 4.11. The van der Waals surface area contributed by atoms with Crippen molar-refractivity contribution in [1.29, 1.82) is 0 Å². The van der Waals surface area contributed by atoms with Gasteiger partial charge < -0.3 is 14.9 Å². The molecule has 2 atom stereocenters. The Balaban J connectivity index is 1.89. The highest BCUT2D eigenvalue weighted by molar-refractivity contribution is 5.75. The van der Waals surface area contributed by atoms with Gasteiger partial charge in [0.15, 0.2) is 0 Å². The van der Waals surface area contributed by atoms with Gasteiger partial charge in [-0.15, -0.1) is 0 Å². The summed E-state index contributed by atoms with van der Waals surface area (Å²) in [4.78, 5) is 26.8. The molecule has 2 aliphatic heterocycles. The lowest BCUT2D eigenvalue weighted by atomic mass is 10.1. The van der Waals surface area contributed by atoms with Crippen LogP contribution in [0, 0.1) is 5.92 Å². The average Bonchev–Trinajstić information content (AvgIpc) is 2.95. The summed E-state index contributed by atoms with van der Waals surface area (Å²) >= 11 is 0. The lowest BCUT2D eigenvalue weighted by Crippen LogP contribution is -2.44. The molecule has 2 amide bonds. The van der Waals surface area contributed by atoms with Crippen molar-refractivity contribution in [2.24, 2.45) is 5.92 Å². The highest BCUT2D eigenvalue weighted by Gasteiger charge is 2.34. The highest BCUT2D eigenvalue weighted by Crippen LogP contribution is 2.25. The van der Waals surface area contributed by atoms with E-state index in [0.717, 1.165) is 32.2 Å². The average molecular weight is 254 g/mol. The van der Waals surface area contributed by atoms with Crippen molar-refractivity contribution in [1.82, 2.24) is 9.80 Å². The van der Waals surface area contributed by atoms with E-state index in [9.17, 15) is 9.59 Å². The van der Waals surface area contributed by atoms with E-state index >= 15 is 0 Å². The van der Waals surface area contributed by atoms with Gasteiger partial charge in [-0.1, -0.05) is 6.92 Å². The van der Waals surface area contributed by atoms with Crippen molar-refractivity contribution in [3.05, 3.63) is 0 Å². The van der Waals surface area contributed by atoms with Crippen LogP contribution in [0.3, 0.4) is 0 Å².